The van der Waals surface area contributed by atoms with Gasteiger partial charge in [-0.3, -0.25) is 0 Å². The molecule has 0 aromatic heterocycles. The second kappa shape index (κ2) is 15.6. The summed E-state index contributed by atoms with van der Waals surface area (Å²) in [6.45, 7) is 14.9. The fourth-order valence-electron chi connectivity index (χ4n) is 10.1. The van der Waals surface area contributed by atoms with Gasteiger partial charge in [0.05, 0.1) is 0 Å². The van der Waals surface area contributed by atoms with Gasteiger partial charge in [0.1, 0.15) is 0 Å². The molecule has 2 aliphatic rings. The Hall–Kier alpha value is -4.75. The molecule has 1 aliphatic heterocycles. The van der Waals surface area contributed by atoms with Gasteiger partial charge in [-0.05, 0) is 0 Å². The van der Waals surface area contributed by atoms with Gasteiger partial charge in [-0.2, -0.15) is 0 Å². The SMILES string of the molecule is Cc1cc(C)c(N2CCN(c3c(C)cc(C)cc3C)[C]2=[Ru]([Cl])([Cl])(=[C]2C=C(c3ccccc3)c3ccccc32)[PH](c2ccccc2)(c2ccccc2)c2ccccc2)c(C)c1. The Morgan fingerprint density at radius 2 is 0.800 bits per heavy atom. The Morgan fingerprint density at radius 1 is 0.450 bits per heavy atom. The molecule has 60 heavy (non-hydrogen) atoms. The predicted octanol–water partition coefficient (Wildman–Crippen LogP) is 12.3. The van der Waals surface area contributed by atoms with Crippen LogP contribution < -0.4 is 25.7 Å². The standard InChI is InChI=1S/C21H26N2.C18H15P.C15H10.2ClH.Ru/c1-14-9-16(3)20(17(4)10-14)22-7-8-23(13-22)21-18(5)11-15(2)12-19(21)6;1-4-10-16(11-5-1)19(17-12-6-2-7-13-17)18-14-8-3-9-15-18;1-2-6-12(7-3-1)15-11-10-13-8-4-5-9-14(13)15;;;/h9-12H,7-8H2,1-6H3;1-15H;1-9,11H;2*1H;/q;;;;;+1/p-1. The van der Waals surface area contributed by atoms with E-state index in [0.717, 1.165) is 43.8 Å². The molecule has 2 nitrogen and oxygen atoms in total. The first-order valence-corrected chi connectivity index (χ1v) is 31.4. The van der Waals surface area contributed by atoms with Crippen molar-refractivity contribution in [1.82, 2.24) is 0 Å². The Morgan fingerprint density at radius 3 is 1.20 bits per heavy atom. The van der Waals surface area contributed by atoms with Gasteiger partial charge in [0.25, 0.3) is 0 Å². The van der Waals surface area contributed by atoms with Crippen LogP contribution in [0.15, 0.2) is 176 Å². The second-order valence-electron chi connectivity index (χ2n) is 16.3. The maximum absolute atomic E-state index is 9.78. The zero-order chi connectivity index (χ0) is 41.8. The van der Waals surface area contributed by atoms with Crippen molar-refractivity contribution in [2.75, 3.05) is 22.9 Å². The number of anilines is 2. The Kier molecular flexibility index (Phi) is 10.6. The minimum absolute atomic E-state index is 0.731. The van der Waals surface area contributed by atoms with Crippen molar-refractivity contribution in [1.29, 1.82) is 0 Å². The third kappa shape index (κ3) is 6.19. The molecule has 0 bridgehead atoms. The van der Waals surface area contributed by atoms with Crippen LogP contribution in [0.25, 0.3) is 5.57 Å². The Balaban J connectivity index is 1.67. The molecule has 1 saturated heterocycles. The van der Waals surface area contributed by atoms with E-state index in [2.05, 4.69) is 227 Å². The quantitative estimate of drug-likeness (QED) is 0.116. The van der Waals surface area contributed by atoms with E-state index in [-0.39, 0.29) is 0 Å². The number of allylic oxidation sites excluding steroid dienone is 1. The van der Waals surface area contributed by atoms with Crippen LogP contribution in [0.1, 0.15) is 50.1 Å². The van der Waals surface area contributed by atoms with E-state index in [0.29, 0.717) is 0 Å². The molecule has 0 N–H and O–H groups in total. The van der Waals surface area contributed by atoms with E-state index < -0.39 is 15.8 Å². The molecule has 305 valence electrons. The van der Waals surface area contributed by atoms with Gasteiger partial charge in [-0.25, -0.2) is 0 Å². The van der Waals surface area contributed by atoms with E-state index in [1.54, 1.807) is 0 Å². The van der Waals surface area contributed by atoms with Crippen molar-refractivity contribution in [2.24, 2.45) is 0 Å². The average Bonchev–Trinajstić information content (AvgIpc) is 3.86. The number of nitrogens with zero attached hydrogens (tertiary/aromatic N) is 2. The van der Waals surface area contributed by atoms with Crippen molar-refractivity contribution < 1.29 is 10.2 Å². The minimum atomic E-state index is -5.72. The summed E-state index contributed by atoms with van der Waals surface area (Å²) in [6.07, 6.45) is 2.41. The van der Waals surface area contributed by atoms with Crippen LogP contribution >= 0.6 is 25.0 Å². The van der Waals surface area contributed by atoms with E-state index >= 15 is 0 Å². The van der Waals surface area contributed by atoms with Gasteiger partial charge < -0.3 is 0 Å². The summed E-state index contributed by atoms with van der Waals surface area (Å²) in [7, 11) is 13.8. The van der Waals surface area contributed by atoms with E-state index in [1.807, 2.05) is 0 Å². The normalized spacial score (nSPS) is 15.1. The molecule has 0 radical (unpaired) electrons. The van der Waals surface area contributed by atoms with Crippen LogP contribution in [-0.4, -0.2) is 21.6 Å². The summed E-state index contributed by atoms with van der Waals surface area (Å²) in [5.74, 6) is 0. The number of hydrogen-bond acceptors (Lipinski definition) is 2. The molecule has 9 rings (SSSR count). The Bertz CT molecular complexity index is 2770. The second-order valence-corrected chi connectivity index (χ2v) is 42.4. The number of benzene rings is 7. The molecule has 6 heteroatoms. The Labute approximate surface area is 364 Å². The summed E-state index contributed by atoms with van der Waals surface area (Å²) < 4.78 is 2.10. The molecule has 1 heterocycles. The molecule has 0 spiro atoms. The van der Waals surface area contributed by atoms with E-state index in [9.17, 15) is 19.4 Å². The molecule has 7 aromatic carbocycles. The zero-order valence-corrected chi connectivity index (χ0v) is 39.4. The third-order valence-corrected chi connectivity index (χ3v) is 44.8. The number of fused-ring (bicyclic) bond motifs is 1. The molecule has 0 amide bonds. The van der Waals surface area contributed by atoms with Crippen LogP contribution in [0.5, 0.6) is 0 Å². The molecular weight excluding hydrogens is 880 g/mol. The van der Waals surface area contributed by atoms with Crippen molar-refractivity contribution in [3.8, 4) is 0 Å². The van der Waals surface area contributed by atoms with Crippen LogP contribution in [-0.2, 0) is 10.2 Å². The van der Waals surface area contributed by atoms with Gasteiger partial charge >= 0.3 is 367 Å². The monoisotopic (exact) mass is 931 g/mol. The molecule has 0 unspecified atom stereocenters. The first-order valence-electron chi connectivity index (χ1n) is 20.7. The number of aryl methyl sites for hydroxylation is 6. The zero-order valence-electron chi connectivity index (χ0n) is 35.2. The average molecular weight is 932 g/mol. The van der Waals surface area contributed by atoms with Crippen molar-refractivity contribution in [3.63, 3.8) is 0 Å². The number of rotatable bonds is 7. The molecular formula is C54H52Cl2N2PRu. The summed E-state index contributed by atoms with van der Waals surface area (Å²) in [5, 5.41) is 3.58. The molecule has 0 atom stereocenters. The van der Waals surface area contributed by atoms with Gasteiger partial charge in [-0.15, -0.1) is 0 Å². The summed E-state index contributed by atoms with van der Waals surface area (Å²) in [4.78, 5) is 5.16. The maximum atomic E-state index is 9.78. The topological polar surface area (TPSA) is 6.48 Å². The third-order valence-electron chi connectivity index (χ3n) is 12.2. The van der Waals surface area contributed by atoms with Gasteiger partial charge in [-0.1, -0.05) is 0 Å². The summed E-state index contributed by atoms with van der Waals surface area (Å²) >= 11 is 0. The molecule has 1 aliphatic carbocycles. The van der Waals surface area contributed by atoms with Gasteiger partial charge in [0.15, 0.2) is 0 Å². The number of halogens is 2. The molecule has 1 fully saturated rings. The first-order chi connectivity index (χ1) is 28.9. The van der Waals surface area contributed by atoms with Crippen molar-refractivity contribution in [3.05, 3.63) is 226 Å². The fraction of sp³-hybridized carbons (Fsp3) is 0.148. The first kappa shape index (κ1) is 40.6. The van der Waals surface area contributed by atoms with Crippen LogP contribution in [0.3, 0.4) is 0 Å². The number of hydrogen-bond donors (Lipinski definition) is 0. The summed E-state index contributed by atoms with van der Waals surface area (Å²) in [6, 6.07) is 62.2. The van der Waals surface area contributed by atoms with E-state index in [1.165, 1.54) is 60.7 Å². The predicted molar refractivity (Wildman–Crippen MR) is 263 cm³/mol. The van der Waals surface area contributed by atoms with Crippen LogP contribution in [0, 0.1) is 41.5 Å². The molecule has 7 aromatic rings. The van der Waals surface area contributed by atoms with Crippen molar-refractivity contribution in [2.45, 2.75) is 41.5 Å². The fourth-order valence-corrected chi connectivity index (χ4v) is 47.0. The van der Waals surface area contributed by atoms with Gasteiger partial charge in [0.2, 0.25) is 0 Å². The van der Waals surface area contributed by atoms with Gasteiger partial charge in [0, 0.05) is 0 Å². The van der Waals surface area contributed by atoms with Crippen LogP contribution in [0.4, 0.5) is 11.4 Å². The summed E-state index contributed by atoms with van der Waals surface area (Å²) in [5.41, 5.74) is 10.6. The van der Waals surface area contributed by atoms with E-state index in [4.69, 9.17) is 0 Å². The molecule has 0 saturated carbocycles. The van der Waals surface area contributed by atoms with Crippen LogP contribution in [0.2, 0.25) is 0 Å². The van der Waals surface area contributed by atoms with Crippen molar-refractivity contribution >= 4 is 66.3 Å².